The highest BCUT2D eigenvalue weighted by molar-refractivity contribution is 5.95. The second-order valence-electron chi connectivity index (χ2n) is 5.52. The molecule has 2 heterocycles. The number of carbonyl (C=O) groups excluding carboxylic acids is 1. The van der Waals surface area contributed by atoms with Crippen LogP contribution in [0, 0.1) is 6.92 Å². The van der Waals surface area contributed by atoms with Crippen molar-refractivity contribution in [2.45, 2.75) is 13.5 Å². The molecule has 0 bridgehead atoms. The maximum absolute atomic E-state index is 12.2. The van der Waals surface area contributed by atoms with Gasteiger partial charge in [-0.2, -0.15) is 0 Å². The number of amides is 1. The lowest BCUT2D eigenvalue weighted by atomic mass is 10.1. The van der Waals surface area contributed by atoms with Crippen LogP contribution >= 0.6 is 0 Å². The van der Waals surface area contributed by atoms with E-state index in [2.05, 4.69) is 10.5 Å². The topological polar surface area (TPSA) is 69.3 Å². The van der Waals surface area contributed by atoms with Gasteiger partial charge in [-0.05, 0) is 37.3 Å². The van der Waals surface area contributed by atoms with Crippen LogP contribution < -0.4 is 10.1 Å². The lowest BCUT2D eigenvalue weighted by Gasteiger charge is -2.03. The predicted molar refractivity (Wildman–Crippen MR) is 89.8 cm³/mol. The third-order valence-corrected chi connectivity index (χ3v) is 3.99. The molecular weight excluding hydrogens is 306 g/mol. The van der Waals surface area contributed by atoms with Gasteiger partial charge in [0.2, 0.25) is 0 Å². The minimum absolute atomic E-state index is 0.123. The van der Waals surface area contributed by atoms with Crippen molar-refractivity contribution in [3.05, 3.63) is 59.5 Å². The van der Waals surface area contributed by atoms with Gasteiger partial charge in [-0.15, -0.1) is 0 Å². The van der Waals surface area contributed by atoms with Crippen LogP contribution in [0.5, 0.6) is 5.75 Å². The monoisotopic (exact) mass is 325 g/mol. The molecule has 1 N–H and O–H groups in total. The number of hydrogen-bond acceptors (Lipinski definition) is 4. The van der Waals surface area contributed by atoms with E-state index in [9.17, 15) is 4.79 Å². The van der Waals surface area contributed by atoms with Crippen LogP contribution in [0.1, 0.15) is 21.7 Å². The van der Waals surface area contributed by atoms with E-state index in [1.807, 2.05) is 55.1 Å². The van der Waals surface area contributed by atoms with E-state index in [1.165, 1.54) is 0 Å². The van der Waals surface area contributed by atoms with Crippen molar-refractivity contribution < 1.29 is 14.1 Å². The highest BCUT2D eigenvalue weighted by Gasteiger charge is 2.13. The third kappa shape index (κ3) is 3.17. The molecule has 1 amide bonds. The second kappa shape index (κ2) is 6.62. The molecule has 0 aliphatic carbocycles. The zero-order chi connectivity index (χ0) is 17.1. The number of hydrogen-bond donors (Lipinski definition) is 1. The molecular formula is C18H19N3O3. The molecule has 0 spiro atoms. The molecule has 0 aliphatic rings. The molecule has 0 aliphatic heterocycles. The second-order valence-corrected chi connectivity index (χ2v) is 5.52. The van der Waals surface area contributed by atoms with Gasteiger partial charge in [-0.1, -0.05) is 5.16 Å². The van der Waals surface area contributed by atoms with Crippen LogP contribution in [0.25, 0.3) is 11.3 Å². The summed E-state index contributed by atoms with van der Waals surface area (Å²) in [7, 11) is 3.53. The summed E-state index contributed by atoms with van der Waals surface area (Å²) in [6.45, 7) is 2.22. The van der Waals surface area contributed by atoms with Crippen molar-refractivity contribution in [1.82, 2.24) is 15.0 Å². The van der Waals surface area contributed by atoms with Gasteiger partial charge in [0.15, 0.2) is 5.76 Å². The maximum Gasteiger partial charge on any atom is 0.253 e. The number of nitrogens with one attached hydrogen (secondary N) is 1. The van der Waals surface area contributed by atoms with E-state index in [0.29, 0.717) is 23.6 Å². The summed E-state index contributed by atoms with van der Waals surface area (Å²) in [4.78, 5) is 12.2. The van der Waals surface area contributed by atoms with E-state index in [0.717, 1.165) is 17.0 Å². The lowest BCUT2D eigenvalue weighted by Crippen LogP contribution is -2.23. The fourth-order valence-corrected chi connectivity index (χ4v) is 2.40. The average Bonchev–Trinajstić information content (AvgIpc) is 3.21. The first-order chi connectivity index (χ1) is 11.6. The Morgan fingerprint density at radius 1 is 1.29 bits per heavy atom. The number of methoxy groups -OCH3 is 1. The van der Waals surface area contributed by atoms with Gasteiger partial charge in [0.05, 0.1) is 19.2 Å². The molecule has 0 radical (unpaired) electrons. The summed E-state index contributed by atoms with van der Waals surface area (Å²) in [6, 6.07) is 11.1. The predicted octanol–water partition coefficient (Wildman–Crippen LogP) is 2.93. The molecule has 6 heteroatoms. The summed E-state index contributed by atoms with van der Waals surface area (Å²) < 4.78 is 12.4. The first kappa shape index (κ1) is 15.9. The van der Waals surface area contributed by atoms with E-state index in [4.69, 9.17) is 9.26 Å². The number of ether oxygens (including phenoxy) is 1. The summed E-state index contributed by atoms with van der Waals surface area (Å²) in [5, 5.41) is 6.86. The molecule has 0 atom stereocenters. The molecule has 1 aromatic carbocycles. The van der Waals surface area contributed by atoms with Crippen molar-refractivity contribution in [2.24, 2.45) is 7.05 Å². The Kier molecular flexibility index (Phi) is 4.37. The average molecular weight is 325 g/mol. The Bertz CT molecular complexity index is 847. The number of aryl methyl sites for hydroxylation is 1. The number of carbonyl (C=O) groups is 1. The van der Waals surface area contributed by atoms with Crippen molar-refractivity contribution in [2.75, 3.05) is 7.11 Å². The molecule has 24 heavy (non-hydrogen) atoms. The van der Waals surface area contributed by atoms with Crippen LogP contribution in [0.15, 0.2) is 47.1 Å². The fraction of sp³-hybridized carbons (Fsp3) is 0.222. The minimum Gasteiger partial charge on any atom is -0.497 e. The highest BCUT2D eigenvalue weighted by Crippen LogP contribution is 2.23. The molecule has 0 saturated carbocycles. The molecule has 2 aromatic heterocycles. The first-order valence-electron chi connectivity index (χ1n) is 7.58. The quantitative estimate of drug-likeness (QED) is 0.783. The van der Waals surface area contributed by atoms with Gasteiger partial charge >= 0.3 is 0 Å². The van der Waals surface area contributed by atoms with Crippen LogP contribution in [0.2, 0.25) is 0 Å². The van der Waals surface area contributed by atoms with E-state index < -0.39 is 0 Å². The zero-order valence-electron chi connectivity index (χ0n) is 13.9. The van der Waals surface area contributed by atoms with Crippen LogP contribution in [-0.4, -0.2) is 22.7 Å². The van der Waals surface area contributed by atoms with Crippen LogP contribution in [0.3, 0.4) is 0 Å². The molecule has 3 aromatic rings. The number of nitrogens with zero attached hydrogens (tertiary/aromatic N) is 2. The standard InChI is InChI=1S/C18H19N3O3/c1-12-16(8-9-21(12)2)18(22)19-11-14-10-17(24-20-14)13-4-6-15(23-3)7-5-13/h4-10H,11H2,1-3H3,(H,19,22). The summed E-state index contributed by atoms with van der Waals surface area (Å²) in [5.74, 6) is 1.31. The Balaban J connectivity index is 1.65. The van der Waals surface area contributed by atoms with Gasteiger partial charge in [0.25, 0.3) is 5.91 Å². The van der Waals surface area contributed by atoms with Gasteiger partial charge < -0.3 is 19.1 Å². The summed E-state index contributed by atoms with van der Waals surface area (Å²) in [6.07, 6.45) is 1.86. The van der Waals surface area contributed by atoms with Crippen LogP contribution in [0.4, 0.5) is 0 Å². The number of rotatable bonds is 5. The molecule has 0 unspecified atom stereocenters. The number of aromatic nitrogens is 2. The number of benzene rings is 1. The van der Waals surface area contributed by atoms with Crippen molar-refractivity contribution in [3.63, 3.8) is 0 Å². The van der Waals surface area contributed by atoms with Crippen LogP contribution in [-0.2, 0) is 13.6 Å². The SMILES string of the molecule is COc1ccc(-c2cc(CNC(=O)c3ccn(C)c3C)no2)cc1. The van der Waals surface area contributed by atoms with Crippen molar-refractivity contribution >= 4 is 5.91 Å². The normalized spacial score (nSPS) is 10.6. The van der Waals surface area contributed by atoms with Crippen molar-refractivity contribution in [3.8, 4) is 17.1 Å². The Hall–Kier alpha value is -3.02. The zero-order valence-corrected chi connectivity index (χ0v) is 13.9. The Morgan fingerprint density at radius 3 is 2.67 bits per heavy atom. The van der Waals surface area contributed by atoms with E-state index in [-0.39, 0.29) is 5.91 Å². The highest BCUT2D eigenvalue weighted by atomic mass is 16.5. The summed E-state index contributed by atoms with van der Waals surface area (Å²) >= 11 is 0. The van der Waals surface area contributed by atoms with E-state index >= 15 is 0 Å². The van der Waals surface area contributed by atoms with Crippen molar-refractivity contribution in [1.29, 1.82) is 0 Å². The van der Waals surface area contributed by atoms with Gasteiger partial charge in [-0.25, -0.2) is 0 Å². The maximum atomic E-state index is 12.2. The first-order valence-corrected chi connectivity index (χ1v) is 7.58. The summed E-state index contributed by atoms with van der Waals surface area (Å²) in [5.41, 5.74) is 3.16. The van der Waals surface area contributed by atoms with E-state index in [1.54, 1.807) is 13.2 Å². The fourth-order valence-electron chi connectivity index (χ4n) is 2.40. The molecule has 6 nitrogen and oxygen atoms in total. The lowest BCUT2D eigenvalue weighted by molar-refractivity contribution is 0.0949. The molecule has 0 fully saturated rings. The third-order valence-electron chi connectivity index (χ3n) is 3.99. The Labute approximate surface area is 140 Å². The Morgan fingerprint density at radius 2 is 2.04 bits per heavy atom. The molecule has 0 saturated heterocycles. The minimum atomic E-state index is -0.123. The van der Waals surface area contributed by atoms with Gasteiger partial charge in [0, 0.05) is 30.6 Å². The molecule has 124 valence electrons. The smallest absolute Gasteiger partial charge is 0.253 e. The molecule has 3 rings (SSSR count). The largest absolute Gasteiger partial charge is 0.497 e. The van der Waals surface area contributed by atoms with Gasteiger partial charge in [-0.3, -0.25) is 4.79 Å². The van der Waals surface area contributed by atoms with Gasteiger partial charge in [0.1, 0.15) is 11.4 Å².